The fourth-order valence-electron chi connectivity index (χ4n) is 2.37. The molecule has 20 heavy (non-hydrogen) atoms. The third-order valence-corrected chi connectivity index (χ3v) is 3.73. The lowest BCUT2D eigenvalue weighted by molar-refractivity contribution is -0.121. The molecule has 1 N–H and O–H groups in total. The van der Waals surface area contributed by atoms with E-state index in [0.717, 1.165) is 51.4 Å². The largest absolute Gasteiger partial charge is 0.378 e. The summed E-state index contributed by atoms with van der Waals surface area (Å²) in [5, 5.41) is 3.02. The van der Waals surface area contributed by atoms with Crippen molar-refractivity contribution >= 4 is 11.7 Å². The number of hydrogen-bond acceptors (Lipinski definition) is 4. The molecule has 0 atom stereocenters. The summed E-state index contributed by atoms with van der Waals surface area (Å²) >= 11 is 0. The number of amides is 1. The summed E-state index contributed by atoms with van der Waals surface area (Å²) in [5.74, 6) is 1.16. The lowest BCUT2D eigenvalue weighted by atomic mass is 10.1. The summed E-state index contributed by atoms with van der Waals surface area (Å²) in [7, 11) is 0. The van der Waals surface area contributed by atoms with Crippen molar-refractivity contribution in [3.05, 3.63) is 23.9 Å². The predicted molar refractivity (Wildman–Crippen MR) is 76.8 cm³/mol. The van der Waals surface area contributed by atoms with E-state index >= 15 is 0 Å². The number of rotatable bonds is 5. The molecule has 0 radical (unpaired) electrons. The summed E-state index contributed by atoms with van der Waals surface area (Å²) < 4.78 is 5.35. The maximum Gasteiger partial charge on any atom is 0.220 e. The zero-order chi connectivity index (χ0) is 13.8. The van der Waals surface area contributed by atoms with Crippen LogP contribution in [0.1, 0.15) is 24.8 Å². The van der Waals surface area contributed by atoms with Gasteiger partial charge in [-0.25, -0.2) is 4.98 Å². The van der Waals surface area contributed by atoms with Crippen molar-refractivity contribution in [2.45, 2.75) is 31.7 Å². The zero-order valence-corrected chi connectivity index (χ0v) is 11.7. The fourth-order valence-corrected chi connectivity index (χ4v) is 2.37. The summed E-state index contributed by atoms with van der Waals surface area (Å²) in [6.45, 7) is 3.29. The van der Waals surface area contributed by atoms with Crippen LogP contribution in [0, 0.1) is 0 Å². The molecule has 0 unspecified atom stereocenters. The van der Waals surface area contributed by atoms with E-state index in [-0.39, 0.29) is 5.91 Å². The van der Waals surface area contributed by atoms with Gasteiger partial charge in [0.05, 0.1) is 13.2 Å². The van der Waals surface area contributed by atoms with Crippen molar-refractivity contribution < 1.29 is 9.53 Å². The van der Waals surface area contributed by atoms with Gasteiger partial charge in [-0.15, -0.1) is 0 Å². The first-order chi connectivity index (χ1) is 9.81. The Morgan fingerprint density at radius 2 is 2.20 bits per heavy atom. The van der Waals surface area contributed by atoms with Gasteiger partial charge in [-0.3, -0.25) is 4.79 Å². The number of nitrogens with one attached hydrogen (secondary N) is 1. The smallest absolute Gasteiger partial charge is 0.220 e. The molecule has 3 rings (SSSR count). The Morgan fingerprint density at radius 1 is 1.40 bits per heavy atom. The van der Waals surface area contributed by atoms with Crippen LogP contribution in [0.2, 0.25) is 0 Å². The van der Waals surface area contributed by atoms with Crippen LogP contribution >= 0.6 is 0 Å². The Morgan fingerprint density at radius 3 is 2.95 bits per heavy atom. The molecular formula is C15H21N3O2. The van der Waals surface area contributed by atoms with Crippen LogP contribution in [0.5, 0.6) is 0 Å². The molecule has 0 bridgehead atoms. The van der Waals surface area contributed by atoms with Crippen molar-refractivity contribution in [1.82, 2.24) is 10.3 Å². The molecular weight excluding hydrogens is 254 g/mol. The molecule has 2 heterocycles. The molecule has 1 aromatic rings. The van der Waals surface area contributed by atoms with E-state index in [1.54, 1.807) is 0 Å². The molecule has 1 aromatic heterocycles. The van der Waals surface area contributed by atoms with Crippen molar-refractivity contribution in [2.24, 2.45) is 0 Å². The van der Waals surface area contributed by atoms with Gasteiger partial charge in [0.2, 0.25) is 5.91 Å². The molecule has 1 aliphatic carbocycles. The van der Waals surface area contributed by atoms with Gasteiger partial charge in [0.15, 0.2) is 0 Å². The minimum Gasteiger partial charge on any atom is -0.378 e. The predicted octanol–water partition coefficient (Wildman–Crippen LogP) is 1.13. The standard InChI is InChI=1S/C15H21N3O2/c19-15(17-13-2-3-13)4-1-12-5-6-16-14(11-12)18-7-9-20-10-8-18/h5-6,11,13H,1-4,7-10H2,(H,17,19). The van der Waals surface area contributed by atoms with Crippen molar-refractivity contribution in [3.8, 4) is 0 Å². The SMILES string of the molecule is O=C(CCc1ccnc(N2CCOCC2)c1)NC1CC1. The Hall–Kier alpha value is -1.62. The normalized spacial score (nSPS) is 18.9. The summed E-state index contributed by atoms with van der Waals surface area (Å²) in [6, 6.07) is 4.54. The molecule has 0 aromatic carbocycles. The fraction of sp³-hybridized carbons (Fsp3) is 0.600. The van der Waals surface area contributed by atoms with E-state index in [0.29, 0.717) is 12.5 Å². The highest BCUT2D eigenvalue weighted by Gasteiger charge is 2.22. The van der Waals surface area contributed by atoms with Gasteiger partial charge >= 0.3 is 0 Å². The van der Waals surface area contributed by atoms with Gasteiger partial charge in [0, 0.05) is 31.7 Å². The lowest BCUT2D eigenvalue weighted by Gasteiger charge is -2.28. The number of anilines is 1. The van der Waals surface area contributed by atoms with Crippen LogP contribution < -0.4 is 10.2 Å². The highest BCUT2D eigenvalue weighted by molar-refractivity contribution is 5.76. The maximum absolute atomic E-state index is 11.7. The van der Waals surface area contributed by atoms with E-state index in [1.165, 1.54) is 5.56 Å². The molecule has 108 valence electrons. The van der Waals surface area contributed by atoms with E-state index < -0.39 is 0 Å². The molecule has 2 aliphatic rings. The topological polar surface area (TPSA) is 54.5 Å². The first kappa shape index (κ1) is 13.4. The average molecular weight is 275 g/mol. The lowest BCUT2D eigenvalue weighted by Crippen LogP contribution is -2.36. The van der Waals surface area contributed by atoms with Crippen LogP contribution in [0.15, 0.2) is 18.3 Å². The van der Waals surface area contributed by atoms with Gasteiger partial charge < -0.3 is 15.0 Å². The van der Waals surface area contributed by atoms with Gasteiger partial charge in [0.1, 0.15) is 5.82 Å². The van der Waals surface area contributed by atoms with E-state index in [1.807, 2.05) is 12.3 Å². The van der Waals surface area contributed by atoms with E-state index in [4.69, 9.17) is 4.74 Å². The first-order valence-electron chi connectivity index (χ1n) is 7.38. The van der Waals surface area contributed by atoms with Crippen molar-refractivity contribution in [3.63, 3.8) is 0 Å². The second-order valence-corrected chi connectivity index (χ2v) is 5.46. The molecule has 1 aliphatic heterocycles. The summed E-state index contributed by atoms with van der Waals surface area (Å²) in [5.41, 5.74) is 1.17. The third-order valence-electron chi connectivity index (χ3n) is 3.73. The van der Waals surface area contributed by atoms with Gasteiger partial charge in [0.25, 0.3) is 0 Å². The Kier molecular flexibility index (Phi) is 4.16. The van der Waals surface area contributed by atoms with E-state index in [2.05, 4.69) is 21.3 Å². The molecule has 1 amide bonds. The van der Waals surface area contributed by atoms with Crippen molar-refractivity contribution in [2.75, 3.05) is 31.2 Å². The highest BCUT2D eigenvalue weighted by Crippen LogP contribution is 2.19. The molecule has 1 saturated carbocycles. The van der Waals surface area contributed by atoms with E-state index in [9.17, 15) is 4.79 Å². The number of carbonyl (C=O) groups is 1. The monoisotopic (exact) mass is 275 g/mol. The van der Waals surface area contributed by atoms with Crippen LogP contribution in [-0.4, -0.2) is 43.2 Å². The molecule has 0 spiro atoms. The number of morpholine rings is 1. The minimum atomic E-state index is 0.164. The highest BCUT2D eigenvalue weighted by atomic mass is 16.5. The Balaban J connectivity index is 1.54. The second kappa shape index (κ2) is 6.22. The zero-order valence-electron chi connectivity index (χ0n) is 11.7. The Labute approximate surface area is 119 Å². The third kappa shape index (κ3) is 3.70. The number of nitrogens with zero attached hydrogens (tertiary/aromatic N) is 2. The van der Waals surface area contributed by atoms with Crippen LogP contribution in [0.25, 0.3) is 0 Å². The number of aromatic nitrogens is 1. The van der Waals surface area contributed by atoms with Gasteiger partial charge in [-0.05, 0) is 37.0 Å². The molecule has 5 nitrogen and oxygen atoms in total. The number of aryl methyl sites for hydroxylation is 1. The minimum absolute atomic E-state index is 0.164. The number of hydrogen-bond donors (Lipinski definition) is 1. The summed E-state index contributed by atoms with van der Waals surface area (Å²) in [4.78, 5) is 18.4. The number of carbonyl (C=O) groups excluding carboxylic acids is 1. The van der Waals surface area contributed by atoms with Crippen LogP contribution in [0.4, 0.5) is 5.82 Å². The second-order valence-electron chi connectivity index (χ2n) is 5.46. The molecule has 5 heteroatoms. The van der Waals surface area contributed by atoms with Gasteiger partial charge in [-0.1, -0.05) is 0 Å². The Bertz CT molecular complexity index is 468. The molecule has 2 fully saturated rings. The van der Waals surface area contributed by atoms with Crippen LogP contribution in [0.3, 0.4) is 0 Å². The quantitative estimate of drug-likeness (QED) is 0.875. The number of pyridine rings is 1. The molecule has 1 saturated heterocycles. The first-order valence-corrected chi connectivity index (χ1v) is 7.38. The van der Waals surface area contributed by atoms with Gasteiger partial charge in [-0.2, -0.15) is 0 Å². The maximum atomic E-state index is 11.7. The summed E-state index contributed by atoms with van der Waals surface area (Å²) in [6.07, 6.45) is 5.45. The average Bonchev–Trinajstić information content (AvgIpc) is 3.30. The van der Waals surface area contributed by atoms with Crippen molar-refractivity contribution in [1.29, 1.82) is 0 Å². The van der Waals surface area contributed by atoms with Crippen LogP contribution in [-0.2, 0) is 16.0 Å². The number of ether oxygens (including phenoxy) is 1.